The Bertz CT molecular complexity index is 321. The molecule has 0 saturated carbocycles. The second kappa shape index (κ2) is 4.33. The zero-order chi connectivity index (χ0) is 10.7. The van der Waals surface area contributed by atoms with Crippen LogP contribution >= 0.6 is 0 Å². The fraction of sp³-hybridized carbons (Fsp3) is 0.455. The molecule has 1 unspecified atom stereocenters. The van der Waals surface area contributed by atoms with Crippen LogP contribution in [0.4, 0.5) is 0 Å². The molecule has 0 aliphatic carbocycles. The van der Waals surface area contributed by atoms with Gasteiger partial charge in [0.05, 0.1) is 7.11 Å². The minimum Gasteiger partial charge on any atom is -0.507 e. The van der Waals surface area contributed by atoms with Gasteiger partial charge >= 0.3 is 0 Å². The van der Waals surface area contributed by atoms with Crippen LogP contribution in [0.3, 0.4) is 0 Å². The molecular weight excluding hydrogens is 178 g/mol. The highest BCUT2D eigenvalue weighted by molar-refractivity contribution is 5.47. The Hall–Kier alpha value is -1.22. The maximum atomic E-state index is 9.65. The van der Waals surface area contributed by atoms with Crippen molar-refractivity contribution in [3.05, 3.63) is 23.3 Å². The van der Waals surface area contributed by atoms with Gasteiger partial charge in [0.1, 0.15) is 11.5 Å². The van der Waals surface area contributed by atoms with Crippen molar-refractivity contribution in [3.63, 3.8) is 0 Å². The van der Waals surface area contributed by atoms with Gasteiger partial charge in [-0.25, -0.2) is 0 Å². The summed E-state index contributed by atoms with van der Waals surface area (Å²) >= 11 is 0. The number of benzene rings is 1. The van der Waals surface area contributed by atoms with E-state index in [9.17, 15) is 5.11 Å². The van der Waals surface area contributed by atoms with Crippen LogP contribution in [0.5, 0.6) is 11.5 Å². The lowest BCUT2D eigenvalue weighted by molar-refractivity contribution is 0.401. The minimum atomic E-state index is -0.161. The maximum Gasteiger partial charge on any atom is 0.125 e. The number of phenols is 1. The van der Waals surface area contributed by atoms with E-state index >= 15 is 0 Å². The lowest BCUT2D eigenvalue weighted by Gasteiger charge is -2.13. The van der Waals surface area contributed by atoms with Crippen LogP contribution in [-0.4, -0.2) is 12.2 Å². The molecule has 0 aliphatic rings. The third kappa shape index (κ3) is 1.99. The molecule has 0 aromatic heterocycles. The fourth-order valence-electron chi connectivity index (χ4n) is 1.46. The molecule has 78 valence electrons. The van der Waals surface area contributed by atoms with E-state index in [1.54, 1.807) is 13.2 Å². The molecule has 1 aromatic carbocycles. The van der Waals surface area contributed by atoms with Crippen LogP contribution < -0.4 is 10.5 Å². The van der Waals surface area contributed by atoms with Gasteiger partial charge in [-0.2, -0.15) is 0 Å². The Morgan fingerprint density at radius 1 is 1.50 bits per heavy atom. The predicted molar refractivity (Wildman–Crippen MR) is 56.6 cm³/mol. The molecule has 0 spiro atoms. The summed E-state index contributed by atoms with van der Waals surface area (Å²) < 4.78 is 5.15. The molecule has 1 aromatic rings. The van der Waals surface area contributed by atoms with E-state index in [0.717, 1.165) is 23.3 Å². The number of aromatic hydroxyl groups is 1. The Morgan fingerprint density at radius 2 is 2.14 bits per heavy atom. The molecule has 1 rings (SSSR count). The van der Waals surface area contributed by atoms with Crippen molar-refractivity contribution >= 4 is 0 Å². The normalized spacial score (nSPS) is 12.6. The second-order valence-electron chi connectivity index (χ2n) is 3.37. The molecule has 0 amide bonds. The molecule has 3 heteroatoms. The average Bonchev–Trinajstić information content (AvgIpc) is 2.16. The quantitative estimate of drug-likeness (QED) is 0.775. The first kappa shape index (κ1) is 10.9. The number of hydrogen-bond donors (Lipinski definition) is 2. The van der Waals surface area contributed by atoms with E-state index in [4.69, 9.17) is 10.5 Å². The van der Waals surface area contributed by atoms with Gasteiger partial charge in [-0.05, 0) is 25.0 Å². The lowest BCUT2D eigenvalue weighted by atomic mass is 10.0. The molecule has 0 bridgehead atoms. The van der Waals surface area contributed by atoms with Gasteiger partial charge in [-0.3, -0.25) is 0 Å². The summed E-state index contributed by atoms with van der Waals surface area (Å²) in [5.41, 5.74) is 7.56. The first-order valence-electron chi connectivity index (χ1n) is 4.75. The molecule has 14 heavy (non-hydrogen) atoms. The van der Waals surface area contributed by atoms with Gasteiger partial charge < -0.3 is 15.6 Å². The van der Waals surface area contributed by atoms with Gasteiger partial charge in [0, 0.05) is 17.7 Å². The van der Waals surface area contributed by atoms with E-state index in [1.807, 2.05) is 19.9 Å². The molecular formula is C11H17NO2. The number of nitrogens with two attached hydrogens (primary N) is 1. The maximum absolute atomic E-state index is 9.65. The first-order valence-corrected chi connectivity index (χ1v) is 4.75. The third-order valence-corrected chi connectivity index (χ3v) is 2.30. The van der Waals surface area contributed by atoms with Crippen molar-refractivity contribution < 1.29 is 9.84 Å². The van der Waals surface area contributed by atoms with Crippen molar-refractivity contribution in [3.8, 4) is 11.5 Å². The molecule has 0 aliphatic heterocycles. The van der Waals surface area contributed by atoms with E-state index in [1.165, 1.54) is 0 Å². The molecule has 0 saturated heterocycles. The van der Waals surface area contributed by atoms with Crippen LogP contribution in [-0.2, 0) is 6.42 Å². The summed E-state index contributed by atoms with van der Waals surface area (Å²) in [5, 5.41) is 9.65. The van der Waals surface area contributed by atoms with Crippen molar-refractivity contribution in [2.45, 2.75) is 26.3 Å². The monoisotopic (exact) mass is 195 g/mol. The summed E-state index contributed by atoms with van der Waals surface area (Å²) in [5.74, 6) is 0.920. The van der Waals surface area contributed by atoms with E-state index in [0.29, 0.717) is 0 Å². The number of aryl methyl sites for hydroxylation is 1. The fourth-order valence-corrected chi connectivity index (χ4v) is 1.46. The van der Waals surface area contributed by atoms with Gasteiger partial charge in [0.15, 0.2) is 0 Å². The van der Waals surface area contributed by atoms with Crippen LogP contribution in [0.15, 0.2) is 12.1 Å². The molecule has 3 N–H and O–H groups in total. The molecule has 1 atom stereocenters. The number of phenolic OH excluding ortho intramolecular Hbond substituents is 1. The number of methoxy groups -OCH3 is 1. The molecule has 3 nitrogen and oxygen atoms in total. The number of hydrogen-bond acceptors (Lipinski definition) is 3. The van der Waals surface area contributed by atoms with Crippen molar-refractivity contribution in [2.75, 3.05) is 7.11 Å². The van der Waals surface area contributed by atoms with Gasteiger partial charge in [0.2, 0.25) is 0 Å². The zero-order valence-electron chi connectivity index (χ0n) is 8.87. The van der Waals surface area contributed by atoms with E-state index in [2.05, 4.69) is 0 Å². The van der Waals surface area contributed by atoms with Crippen LogP contribution in [0.25, 0.3) is 0 Å². The Morgan fingerprint density at radius 3 is 2.57 bits per heavy atom. The number of rotatable bonds is 3. The molecule has 0 heterocycles. The second-order valence-corrected chi connectivity index (χ2v) is 3.37. The Balaban J connectivity index is 3.23. The average molecular weight is 195 g/mol. The highest BCUT2D eigenvalue weighted by atomic mass is 16.5. The summed E-state index contributed by atoms with van der Waals surface area (Å²) in [7, 11) is 1.60. The molecule has 0 fully saturated rings. The van der Waals surface area contributed by atoms with Crippen molar-refractivity contribution in [1.82, 2.24) is 0 Å². The smallest absolute Gasteiger partial charge is 0.125 e. The largest absolute Gasteiger partial charge is 0.507 e. The number of ether oxygens (including phenoxy) is 1. The highest BCUT2D eigenvalue weighted by Crippen LogP contribution is 2.31. The first-order chi connectivity index (χ1) is 6.60. The van der Waals surface area contributed by atoms with Crippen LogP contribution in [0, 0.1) is 0 Å². The zero-order valence-corrected chi connectivity index (χ0v) is 8.87. The van der Waals surface area contributed by atoms with Gasteiger partial charge in [-0.1, -0.05) is 6.92 Å². The topological polar surface area (TPSA) is 55.5 Å². The van der Waals surface area contributed by atoms with Crippen LogP contribution in [0.2, 0.25) is 0 Å². The minimum absolute atomic E-state index is 0.161. The van der Waals surface area contributed by atoms with Gasteiger partial charge in [0.25, 0.3) is 0 Å². The third-order valence-electron chi connectivity index (χ3n) is 2.30. The standard InChI is InChI=1S/C11H17NO2/c1-4-8-5-9(7(2)12)10(13)6-11(8)14-3/h5-7,13H,4,12H2,1-3H3. The van der Waals surface area contributed by atoms with Crippen molar-refractivity contribution in [2.24, 2.45) is 5.73 Å². The SMILES string of the molecule is CCc1cc(C(C)N)c(O)cc1OC. The Labute approximate surface area is 84.5 Å². The molecule has 0 radical (unpaired) electrons. The van der Waals surface area contributed by atoms with Gasteiger partial charge in [-0.15, -0.1) is 0 Å². The summed E-state index contributed by atoms with van der Waals surface area (Å²) in [6.45, 7) is 3.89. The van der Waals surface area contributed by atoms with E-state index in [-0.39, 0.29) is 11.8 Å². The van der Waals surface area contributed by atoms with Crippen molar-refractivity contribution in [1.29, 1.82) is 0 Å². The van der Waals surface area contributed by atoms with Crippen LogP contribution in [0.1, 0.15) is 31.0 Å². The summed E-state index contributed by atoms with van der Waals surface area (Å²) in [6.07, 6.45) is 0.864. The Kier molecular flexibility index (Phi) is 3.36. The predicted octanol–water partition coefficient (Wildman–Crippen LogP) is 1.98. The lowest BCUT2D eigenvalue weighted by Crippen LogP contribution is -2.06. The summed E-state index contributed by atoms with van der Waals surface area (Å²) in [6, 6.07) is 3.36. The van der Waals surface area contributed by atoms with E-state index < -0.39 is 0 Å². The highest BCUT2D eigenvalue weighted by Gasteiger charge is 2.11. The summed E-state index contributed by atoms with van der Waals surface area (Å²) in [4.78, 5) is 0.